The molecule has 1 amide bonds. The van der Waals surface area contributed by atoms with Crippen LogP contribution in [0.25, 0.3) is 0 Å². The van der Waals surface area contributed by atoms with Crippen LogP contribution >= 0.6 is 0 Å². The Hall–Kier alpha value is -3.57. The van der Waals surface area contributed by atoms with Crippen LogP contribution in [-0.2, 0) is 0 Å². The van der Waals surface area contributed by atoms with Gasteiger partial charge in [0, 0.05) is 43.7 Å². The number of halogens is 3. The molecule has 0 bridgehead atoms. The van der Waals surface area contributed by atoms with Gasteiger partial charge in [0.05, 0.1) is 11.0 Å². The summed E-state index contributed by atoms with van der Waals surface area (Å²) >= 11 is 0. The van der Waals surface area contributed by atoms with E-state index in [1.165, 1.54) is 24.1 Å². The van der Waals surface area contributed by atoms with Gasteiger partial charge in [-0.3, -0.25) is 15.0 Å². The Labute approximate surface area is 194 Å². The van der Waals surface area contributed by atoms with Crippen LogP contribution in [0.2, 0.25) is 0 Å². The first-order valence-electron chi connectivity index (χ1n) is 10.6. The molecule has 2 N–H and O–H groups in total. The lowest BCUT2D eigenvalue weighted by Crippen LogP contribution is -2.59. The fraction of sp³-hybridized carbons (Fsp3) is 0.455. The van der Waals surface area contributed by atoms with Crippen LogP contribution in [0.1, 0.15) is 38.7 Å². The van der Waals surface area contributed by atoms with Crippen LogP contribution in [0.3, 0.4) is 0 Å². The largest absolute Gasteiger partial charge is 0.465 e. The molecule has 0 radical (unpaired) electrons. The van der Waals surface area contributed by atoms with Gasteiger partial charge >= 0.3 is 11.8 Å². The zero-order valence-corrected chi connectivity index (χ0v) is 19.2. The Bertz CT molecular complexity index is 1110. The maximum absolute atomic E-state index is 14.7. The fourth-order valence-electron chi connectivity index (χ4n) is 4.46. The summed E-state index contributed by atoms with van der Waals surface area (Å²) in [5, 5.41) is 23.9. The van der Waals surface area contributed by atoms with E-state index < -0.39 is 46.0 Å². The molecule has 1 aliphatic rings. The number of aromatic nitrogens is 1. The summed E-state index contributed by atoms with van der Waals surface area (Å²) in [6.45, 7) is 5.39. The van der Waals surface area contributed by atoms with Crippen molar-refractivity contribution in [1.82, 2.24) is 9.88 Å². The number of carboxylic acid groups (broad SMARTS) is 1. The number of anilines is 2. The van der Waals surface area contributed by atoms with E-state index in [0.717, 1.165) is 6.07 Å². The molecule has 1 fully saturated rings. The summed E-state index contributed by atoms with van der Waals surface area (Å²) in [6, 6.07) is 3.15. The topological polar surface area (TPSA) is 112 Å². The highest BCUT2D eigenvalue weighted by Crippen LogP contribution is 2.38. The van der Waals surface area contributed by atoms with Crippen LogP contribution in [0.5, 0.6) is 0 Å². The smallest absolute Gasteiger partial charge is 0.408 e. The molecule has 0 spiro atoms. The van der Waals surface area contributed by atoms with E-state index in [-0.39, 0.29) is 36.6 Å². The van der Waals surface area contributed by atoms with Crippen molar-refractivity contribution in [3.63, 3.8) is 0 Å². The predicted molar refractivity (Wildman–Crippen MR) is 120 cm³/mol. The zero-order chi connectivity index (χ0) is 25.4. The SMILES string of the molecule is CNc1nc(N2CC[C@H](c3cc(F)c(F)cc3F)[C@@H](N(C(=O)O)C(C)(C)C)C2)ccc1[N+](=O)[O-]. The normalized spacial score (nSPS) is 18.5. The Balaban J connectivity index is 2.07. The third-order valence-electron chi connectivity index (χ3n) is 5.90. The summed E-state index contributed by atoms with van der Waals surface area (Å²) in [4.78, 5) is 30.1. The molecule has 34 heavy (non-hydrogen) atoms. The molecule has 0 aliphatic carbocycles. The van der Waals surface area contributed by atoms with Gasteiger partial charge in [0.1, 0.15) is 11.6 Å². The monoisotopic (exact) mass is 481 g/mol. The number of pyridine rings is 1. The second kappa shape index (κ2) is 9.35. The molecule has 3 rings (SSSR count). The minimum Gasteiger partial charge on any atom is -0.465 e. The summed E-state index contributed by atoms with van der Waals surface area (Å²) in [7, 11) is 1.49. The van der Waals surface area contributed by atoms with Gasteiger partial charge in [0.15, 0.2) is 11.6 Å². The predicted octanol–water partition coefficient (Wildman–Crippen LogP) is 4.59. The van der Waals surface area contributed by atoms with Gasteiger partial charge in [-0.25, -0.2) is 22.9 Å². The summed E-state index contributed by atoms with van der Waals surface area (Å²) in [6.07, 6.45) is -1.04. The highest BCUT2D eigenvalue weighted by atomic mass is 19.2. The van der Waals surface area contributed by atoms with Crippen molar-refractivity contribution in [2.75, 3.05) is 30.4 Å². The molecule has 1 aromatic heterocycles. The number of hydrogen-bond donors (Lipinski definition) is 2. The fourth-order valence-corrected chi connectivity index (χ4v) is 4.46. The lowest BCUT2D eigenvalue weighted by atomic mass is 9.82. The van der Waals surface area contributed by atoms with Gasteiger partial charge in [-0.15, -0.1) is 0 Å². The molecule has 0 saturated carbocycles. The van der Waals surface area contributed by atoms with Crippen LogP contribution in [0, 0.1) is 27.6 Å². The molecule has 184 valence electrons. The summed E-state index contributed by atoms with van der Waals surface area (Å²) in [5.74, 6) is -3.85. The highest BCUT2D eigenvalue weighted by Gasteiger charge is 2.43. The molecular formula is C22H26F3N5O4. The average Bonchev–Trinajstić information content (AvgIpc) is 2.74. The van der Waals surface area contributed by atoms with Gasteiger partial charge in [-0.05, 0) is 44.9 Å². The van der Waals surface area contributed by atoms with E-state index in [1.807, 2.05) is 0 Å². The van der Waals surface area contributed by atoms with Crippen LogP contribution in [-0.4, -0.2) is 57.7 Å². The molecular weight excluding hydrogens is 455 g/mol. The Morgan fingerprint density at radius 2 is 1.88 bits per heavy atom. The molecule has 1 aromatic carbocycles. The first-order chi connectivity index (χ1) is 15.8. The van der Waals surface area contributed by atoms with E-state index in [4.69, 9.17) is 0 Å². The van der Waals surface area contributed by atoms with Gasteiger partial charge in [-0.1, -0.05) is 0 Å². The third kappa shape index (κ3) is 4.85. The third-order valence-corrected chi connectivity index (χ3v) is 5.90. The minimum atomic E-state index is -1.32. The lowest BCUT2D eigenvalue weighted by molar-refractivity contribution is -0.384. The molecule has 12 heteroatoms. The van der Waals surface area contributed by atoms with Gasteiger partial charge in [0.25, 0.3) is 0 Å². The number of benzene rings is 1. The van der Waals surface area contributed by atoms with Crippen LogP contribution in [0.15, 0.2) is 24.3 Å². The van der Waals surface area contributed by atoms with Crippen molar-refractivity contribution in [1.29, 1.82) is 0 Å². The van der Waals surface area contributed by atoms with E-state index >= 15 is 0 Å². The molecule has 9 nitrogen and oxygen atoms in total. The van der Waals surface area contributed by atoms with Crippen molar-refractivity contribution in [3.05, 3.63) is 57.4 Å². The number of hydrogen-bond acceptors (Lipinski definition) is 6. The van der Waals surface area contributed by atoms with Gasteiger partial charge < -0.3 is 15.3 Å². The first-order valence-corrected chi connectivity index (χ1v) is 10.6. The second-order valence-corrected chi connectivity index (χ2v) is 9.06. The number of nitro groups is 1. The minimum absolute atomic E-state index is 0.0405. The molecule has 1 saturated heterocycles. The van der Waals surface area contributed by atoms with Crippen molar-refractivity contribution >= 4 is 23.4 Å². The Morgan fingerprint density at radius 1 is 1.24 bits per heavy atom. The molecule has 1 aliphatic heterocycles. The van der Waals surface area contributed by atoms with Crippen molar-refractivity contribution < 1.29 is 28.0 Å². The van der Waals surface area contributed by atoms with Crippen LogP contribution in [0.4, 0.5) is 35.3 Å². The van der Waals surface area contributed by atoms with Crippen molar-refractivity contribution in [3.8, 4) is 0 Å². The molecule has 2 heterocycles. The molecule has 2 aromatic rings. The zero-order valence-electron chi connectivity index (χ0n) is 19.2. The maximum atomic E-state index is 14.7. The maximum Gasteiger partial charge on any atom is 0.408 e. The number of amides is 1. The standard InChI is InChI=1S/C22H26F3N5O4/c1-22(2,3)29(21(31)32)18-11-28(19-6-5-17(30(33)34)20(26-4)27-19)8-7-12(18)13-9-15(24)16(25)10-14(13)23/h5-6,9-10,12,18H,7-8,11H2,1-4H3,(H,26,27)(H,31,32)/t12-,18+/m1/s1. The second-order valence-electron chi connectivity index (χ2n) is 9.06. The number of nitrogens with zero attached hydrogens (tertiary/aromatic N) is 4. The Kier molecular flexibility index (Phi) is 6.89. The quantitative estimate of drug-likeness (QED) is 0.365. The van der Waals surface area contributed by atoms with E-state index in [0.29, 0.717) is 11.9 Å². The van der Waals surface area contributed by atoms with Crippen LogP contribution < -0.4 is 10.2 Å². The number of rotatable bonds is 5. The van der Waals surface area contributed by atoms with Crippen molar-refractivity contribution in [2.45, 2.75) is 44.7 Å². The van der Waals surface area contributed by atoms with Gasteiger partial charge in [0.2, 0.25) is 5.82 Å². The number of nitrogens with one attached hydrogen (secondary N) is 1. The van der Waals surface area contributed by atoms with Crippen molar-refractivity contribution in [2.24, 2.45) is 0 Å². The molecule has 2 atom stereocenters. The Morgan fingerprint density at radius 3 is 2.44 bits per heavy atom. The first kappa shape index (κ1) is 25.1. The van der Waals surface area contributed by atoms with E-state index in [2.05, 4.69) is 10.3 Å². The summed E-state index contributed by atoms with van der Waals surface area (Å²) < 4.78 is 42.3. The lowest BCUT2D eigenvalue weighted by Gasteiger charge is -2.48. The average molecular weight is 481 g/mol. The summed E-state index contributed by atoms with van der Waals surface area (Å²) in [5.41, 5.74) is -1.22. The number of piperidine rings is 1. The molecule has 0 unspecified atom stereocenters. The highest BCUT2D eigenvalue weighted by molar-refractivity contribution is 5.67. The van der Waals surface area contributed by atoms with E-state index in [1.54, 1.807) is 25.7 Å². The van der Waals surface area contributed by atoms with E-state index in [9.17, 15) is 33.2 Å². The number of carbonyl (C=O) groups is 1. The van der Waals surface area contributed by atoms with Gasteiger partial charge in [-0.2, -0.15) is 0 Å².